The van der Waals surface area contributed by atoms with Crippen LogP contribution in [0.2, 0.25) is 0 Å². The van der Waals surface area contributed by atoms with Gasteiger partial charge >= 0.3 is 0 Å². The molecular weight excluding hydrogens is 208 g/mol. The van der Waals surface area contributed by atoms with Crippen molar-refractivity contribution in [3.05, 3.63) is 29.8 Å². The Labute approximate surface area is 104 Å². The number of nitrogens with zero attached hydrogens (tertiary/aromatic N) is 1. The van der Waals surface area contributed by atoms with Crippen molar-refractivity contribution in [2.24, 2.45) is 5.41 Å². The summed E-state index contributed by atoms with van der Waals surface area (Å²) >= 11 is 0. The minimum atomic E-state index is 0.272. The first-order valence-electron chi connectivity index (χ1n) is 6.48. The molecule has 0 amide bonds. The topological polar surface area (TPSA) is 35.8 Å². The lowest BCUT2D eigenvalue weighted by molar-refractivity contribution is 0.557. The van der Waals surface area contributed by atoms with E-state index in [-0.39, 0.29) is 5.41 Å². The van der Waals surface area contributed by atoms with Gasteiger partial charge in [-0.2, -0.15) is 5.26 Å². The Morgan fingerprint density at radius 2 is 2.12 bits per heavy atom. The summed E-state index contributed by atoms with van der Waals surface area (Å²) in [5.41, 5.74) is 2.91. The summed E-state index contributed by atoms with van der Waals surface area (Å²) < 4.78 is 0. The number of nitrogens with one attached hydrogen (secondary N) is 1. The summed E-state index contributed by atoms with van der Waals surface area (Å²) in [6.07, 6.45) is 5.37. The van der Waals surface area contributed by atoms with Crippen LogP contribution in [0.4, 0.5) is 5.69 Å². The highest BCUT2D eigenvalue weighted by molar-refractivity contribution is 5.51. The molecule has 90 valence electrons. The van der Waals surface area contributed by atoms with Crippen LogP contribution in [0.5, 0.6) is 0 Å². The molecule has 2 nitrogen and oxygen atoms in total. The number of nitriles is 1. The average molecular weight is 228 g/mol. The van der Waals surface area contributed by atoms with Crippen molar-refractivity contribution < 1.29 is 0 Å². The molecule has 1 aromatic carbocycles. The molecule has 2 heteroatoms. The van der Waals surface area contributed by atoms with E-state index in [9.17, 15) is 0 Å². The molecule has 0 atom stereocenters. The van der Waals surface area contributed by atoms with Crippen molar-refractivity contribution in [3.8, 4) is 6.07 Å². The molecule has 1 aliphatic carbocycles. The molecule has 1 N–H and O–H groups in total. The first-order valence-corrected chi connectivity index (χ1v) is 6.48. The number of para-hydroxylation sites is 1. The second kappa shape index (κ2) is 5.23. The van der Waals surface area contributed by atoms with E-state index in [2.05, 4.69) is 42.6 Å². The van der Waals surface area contributed by atoms with Gasteiger partial charge in [-0.1, -0.05) is 31.5 Å². The smallest absolute Gasteiger partial charge is 0.0628 e. The fourth-order valence-corrected chi connectivity index (χ4v) is 2.22. The first kappa shape index (κ1) is 12.0. The molecule has 2 rings (SSSR count). The van der Waals surface area contributed by atoms with Crippen LogP contribution in [0.1, 0.15) is 38.2 Å². The highest BCUT2D eigenvalue weighted by atomic mass is 14.9. The molecule has 17 heavy (non-hydrogen) atoms. The molecule has 0 aromatic heterocycles. The lowest BCUT2D eigenvalue weighted by Crippen LogP contribution is -2.15. The van der Waals surface area contributed by atoms with Gasteiger partial charge in [-0.15, -0.1) is 0 Å². The molecule has 0 bridgehead atoms. The average Bonchev–Trinajstić information content (AvgIpc) is 3.09. The second-order valence-electron chi connectivity index (χ2n) is 5.10. The summed E-state index contributed by atoms with van der Waals surface area (Å²) in [4.78, 5) is 0. The van der Waals surface area contributed by atoms with E-state index in [1.165, 1.54) is 30.5 Å². The van der Waals surface area contributed by atoms with E-state index in [0.717, 1.165) is 13.0 Å². The third-order valence-corrected chi connectivity index (χ3v) is 3.60. The van der Waals surface area contributed by atoms with E-state index < -0.39 is 0 Å². The molecule has 1 fully saturated rings. The van der Waals surface area contributed by atoms with Crippen LogP contribution < -0.4 is 5.32 Å². The highest BCUT2D eigenvalue weighted by Crippen LogP contribution is 2.48. The third-order valence-electron chi connectivity index (χ3n) is 3.60. The van der Waals surface area contributed by atoms with E-state index in [0.29, 0.717) is 6.42 Å². The van der Waals surface area contributed by atoms with Gasteiger partial charge in [0.2, 0.25) is 0 Å². The Morgan fingerprint density at radius 1 is 1.35 bits per heavy atom. The summed E-state index contributed by atoms with van der Waals surface area (Å²) in [6.45, 7) is 3.15. The Balaban J connectivity index is 1.97. The zero-order valence-electron chi connectivity index (χ0n) is 10.5. The van der Waals surface area contributed by atoms with Crippen LogP contribution >= 0.6 is 0 Å². The van der Waals surface area contributed by atoms with Gasteiger partial charge in [0, 0.05) is 24.1 Å². The molecule has 0 aliphatic heterocycles. The van der Waals surface area contributed by atoms with Crippen LogP contribution in [-0.4, -0.2) is 6.54 Å². The largest absolute Gasteiger partial charge is 0.384 e. The van der Waals surface area contributed by atoms with Crippen LogP contribution in [0, 0.1) is 16.7 Å². The monoisotopic (exact) mass is 228 g/mol. The predicted octanol–water partition coefficient (Wildman–Crippen LogP) is 3.74. The minimum absolute atomic E-state index is 0.272. The maximum atomic E-state index is 8.80. The number of hydrogen-bond acceptors (Lipinski definition) is 2. The normalized spacial score (nSPS) is 16.2. The molecule has 1 saturated carbocycles. The lowest BCUT2D eigenvalue weighted by Gasteiger charge is -2.16. The summed E-state index contributed by atoms with van der Waals surface area (Å²) in [5, 5.41) is 12.3. The van der Waals surface area contributed by atoms with Crippen molar-refractivity contribution in [2.75, 3.05) is 11.9 Å². The Hall–Kier alpha value is -1.49. The SMILES string of the molecule is CCCc1ccccc1NCC1(CC#N)CC1. The Bertz CT molecular complexity index is 413. The van der Waals surface area contributed by atoms with Crippen molar-refractivity contribution in [3.63, 3.8) is 0 Å². The van der Waals surface area contributed by atoms with Crippen molar-refractivity contribution in [1.29, 1.82) is 5.26 Å². The van der Waals surface area contributed by atoms with Gasteiger partial charge in [0.1, 0.15) is 0 Å². The molecule has 0 radical (unpaired) electrons. The van der Waals surface area contributed by atoms with Crippen molar-refractivity contribution in [2.45, 2.75) is 39.0 Å². The van der Waals surface area contributed by atoms with Crippen LogP contribution in [0.15, 0.2) is 24.3 Å². The third kappa shape index (κ3) is 3.00. The maximum absolute atomic E-state index is 8.80. The number of hydrogen-bond donors (Lipinski definition) is 1. The fourth-order valence-electron chi connectivity index (χ4n) is 2.22. The standard InChI is InChI=1S/C15H20N2/c1-2-5-13-6-3-4-7-14(13)17-12-15(8-9-15)10-11-16/h3-4,6-7,17H,2,5,8-10,12H2,1H3. The Kier molecular flexibility index (Phi) is 3.68. The van der Waals surface area contributed by atoms with Gasteiger partial charge in [0.25, 0.3) is 0 Å². The van der Waals surface area contributed by atoms with Crippen LogP contribution in [0.25, 0.3) is 0 Å². The summed E-state index contributed by atoms with van der Waals surface area (Å²) in [7, 11) is 0. The van der Waals surface area contributed by atoms with E-state index in [1.807, 2.05) is 0 Å². The molecule has 0 heterocycles. The van der Waals surface area contributed by atoms with Gasteiger partial charge in [-0.05, 0) is 30.9 Å². The van der Waals surface area contributed by atoms with E-state index in [4.69, 9.17) is 5.26 Å². The maximum Gasteiger partial charge on any atom is 0.0628 e. The molecule has 1 aromatic rings. The number of rotatable bonds is 6. The van der Waals surface area contributed by atoms with Gasteiger partial charge < -0.3 is 5.32 Å². The van der Waals surface area contributed by atoms with Gasteiger partial charge in [0.05, 0.1) is 6.07 Å². The molecule has 0 unspecified atom stereocenters. The van der Waals surface area contributed by atoms with Crippen molar-refractivity contribution >= 4 is 5.69 Å². The van der Waals surface area contributed by atoms with Crippen LogP contribution in [0.3, 0.4) is 0 Å². The first-order chi connectivity index (χ1) is 8.29. The summed E-state index contributed by atoms with van der Waals surface area (Å²) in [5.74, 6) is 0. The second-order valence-corrected chi connectivity index (χ2v) is 5.10. The molecule has 0 spiro atoms. The van der Waals surface area contributed by atoms with Gasteiger partial charge in [0.15, 0.2) is 0 Å². The summed E-state index contributed by atoms with van der Waals surface area (Å²) in [6, 6.07) is 10.8. The predicted molar refractivity (Wildman–Crippen MR) is 70.8 cm³/mol. The Morgan fingerprint density at radius 3 is 2.76 bits per heavy atom. The minimum Gasteiger partial charge on any atom is -0.384 e. The van der Waals surface area contributed by atoms with E-state index >= 15 is 0 Å². The zero-order chi connectivity index (χ0) is 12.1. The molecule has 0 saturated heterocycles. The fraction of sp³-hybridized carbons (Fsp3) is 0.533. The van der Waals surface area contributed by atoms with Gasteiger partial charge in [-0.25, -0.2) is 0 Å². The van der Waals surface area contributed by atoms with Crippen LogP contribution in [-0.2, 0) is 6.42 Å². The highest BCUT2D eigenvalue weighted by Gasteiger charge is 2.42. The lowest BCUT2D eigenvalue weighted by atomic mass is 10.0. The van der Waals surface area contributed by atoms with E-state index in [1.54, 1.807) is 0 Å². The number of aryl methyl sites for hydroxylation is 1. The molecule has 1 aliphatic rings. The quantitative estimate of drug-likeness (QED) is 0.805. The number of benzene rings is 1. The van der Waals surface area contributed by atoms with Crippen molar-refractivity contribution in [1.82, 2.24) is 0 Å². The number of anilines is 1. The molecular formula is C15H20N2. The zero-order valence-corrected chi connectivity index (χ0v) is 10.5. The van der Waals surface area contributed by atoms with Gasteiger partial charge in [-0.3, -0.25) is 0 Å².